The molecular formula is C10H12FNO3S. The molecule has 1 N–H and O–H groups in total. The van der Waals surface area contributed by atoms with Crippen LogP contribution in [0.25, 0.3) is 0 Å². The van der Waals surface area contributed by atoms with Crippen LogP contribution in [0.15, 0.2) is 29.2 Å². The normalized spacial score (nSPS) is 11.1. The summed E-state index contributed by atoms with van der Waals surface area (Å²) in [6.45, 7) is 2.05. The van der Waals surface area contributed by atoms with Gasteiger partial charge in [-0.25, -0.2) is 12.8 Å². The minimum atomic E-state index is -3.76. The van der Waals surface area contributed by atoms with Gasteiger partial charge in [0.05, 0.1) is 4.90 Å². The SMILES string of the molecule is CCNC(=O)CS(=O)(=O)c1cccc(F)c1. The molecule has 0 aliphatic heterocycles. The first-order valence-corrected chi connectivity index (χ1v) is 6.36. The third-order valence-electron chi connectivity index (χ3n) is 1.85. The first kappa shape index (κ1) is 12.6. The fraction of sp³-hybridized carbons (Fsp3) is 0.300. The van der Waals surface area contributed by atoms with E-state index in [4.69, 9.17) is 0 Å². The van der Waals surface area contributed by atoms with Gasteiger partial charge in [0.25, 0.3) is 0 Å². The van der Waals surface area contributed by atoms with E-state index in [1.165, 1.54) is 12.1 Å². The van der Waals surface area contributed by atoms with E-state index >= 15 is 0 Å². The lowest BCUT2D eigenvalue weighted by Gasteiger charge is -2.04. The standard InChI is InChI=1S/C10H12FNO3S/c1-2-12-10(13)7-16(14,15)9-5-3-4-8(11)6-9/h3-6H,2,7H2,1H3,(H,12,13). The molecule has 0 aliphatic carbocycles. The summed E-state index contributed by atoms with van der Waals surface area (Å²) in [5, 5.41) is 2.37. The second kappa shape index (κ2) is 5.07. The summed E-state index contributed by atoms with van der Waals surface area (Å²) in [5.74, 6) is -1.90. The van der Waals surface area contributed by atoms with Crippen molar-refractivity contribution in [2.75, 3.05) is 12.3 Å². The second-order valence-corrected chi connectivity index (χ2v) is 5.16. The molecule has 0 aromatic heterocycles. The number of nitrogens with one attached hydrogen (secondary N) is 1. The molecule has 0 saturated carbocycles. The summed E-state index contributed by atoms with van der Waals surface area (Å²) in [5.41, 5.74) is 0. The average Bonchev–Trinajstić information content (AvgIpc) is 2.17. The van der Waals surface area contributed by atoms with E-state index in [0.29, 0.717) is 6.54 Å². The van der Waals surface area contributed by atoms with Gasteiger partial charge in [-0.05, 0) is 25.1 Å². The predicted molar refractivity (Wildman–Crippen MR) is 57.1 cm³/mol. The Morgan fingerprint density at radius 3 is 2.69 bits per heavy atom. The number of amides is 1. The maximum absolute atomic E-state index is 12.8. The van der Waals surface area contributed by atoms with Crippen LogP contribution in [0.5, 0.6) is 0 Å². The zero-order valence-electron chi connectivity index (χ0n) is 8.73. The molecule has 6 heteroatoms. The molecule has 1 aromatic rings. The van der Waals surface area contributed by atoms with Crippen molar-refractivity contribution < 1.29 is 17.6 Å². The van der Waals surface area contributed by atoms with Gasteiger partial charge < -0.3 is 5.32 Å². The molecule has 0 spiro atoms. The number of hydrogen-bond acceptors (Lipinski definition) is 3. The zero-order chi connectivity index (χ0) is 12.2. The summed E-state index contributed by atoms with van der Waals surface area (Å²) in [7, 11) is -3.76. The number of benzene rings is 1. The number of carbonyl (C=O) groups is 1. The minimum Gasteiger partial charge on any atom is -0.355 e. The van der Waals surface area contributed by atoms with Gasteiger partial charge in [0.15, 0.2) is 9.84 Å². The average molecular weight is 245 g/mol. The number of sulfone groups is 1. The van der Waals surface area contributed by atoms with Crippen molar-refractivity contribution in [3.63, 3.8) is 0 Å². The van der Waals surface area contributed by atoms with Gasteiger partial charge in [0.1, 0.15) is 11.6 Å². The quantitative estimate of drug-likeness (QED) is 0.850. The van der Waals surface area contributed by atoms with Gasteiger partial charge in [-0.2, -0.15) is 0 Å². The Hall–Kier alpha value is -1.43. The lowest BCUT2D eigenvalue weighted by Crippen LogP contribution is -2.30. The van der Waals surface area contributed by atoms with E-state index in [2.05, 4.69) is 5.32 Å². The highest BCUT2D eigenvalue weighted by atomic mass is 32.2. The zero-order valence-corrected chi connectivity index (χ0v) is 9.55. The highest BCUT2D eigenvalue weighted by Crippen LogP contribution is 2.12. The topological polar surface area (TPSA) is 63.2 Å². The van der Waals surface area contributed by atoms with Gasteiger partial charge in [0, 0.05) is 6.54 Å². The Kier molecular flexibility index (Phi) is 4.00. The number of hydrogen-bond donors (Lipinski definition) is 1. The second-order valence-electron chi connectivity index (χ2n) is 3.17. The molecular weight excluding hydrogens is 233 g/mol. The molecule has 0 heterocycles. The van der Waals surface area contributed by atoms with Crippen molar-refractivity contribution in [1.82, 2.24) is 5.32 Å². The Bertz CT molecular complexity index is 485. The molecule has 4 nitrogen and oxygen atoms in total. The smallest absolute Gasteiger partial charge is 0.235 e. The Morgan fingerprint density at radius 1 is 1.44 bits per heavy atom. The van der Waals surface area contributed by atoms with Crippen LogP contribution < -0.4 is 5.32 Å². The molecule has 16 heavy (non-hydrogen) atoms. The first-order valence-electron chi connectivity index (χ1n) is 4.70. The molecule has 1 rings (SSSR count). The molecule has 0 fully saturated rings. The minimum absolute atomic E-state index is 0.182. The largest absolute Gasteiger partial charge is 0.355 e. The number of halogens is 1. The Morgan fingerprint density at radius 2 is 2.12 bits per heavy atom. The molecule has 0 saturated heterocycles. The number of carbonyl (C=O) groups excluding carboxylic acids is 1. The predicted octanol–water partition coefficient (Wildman–Crippen LogP) is 0.735. The molecule has 1 amide bonds. The summed E-state index contributed by atoms with van der Waals surface area (Å²) in [4.78, 5) is 11.0. The highest BCUT2D eigenvalue weighted by molar-refractivity contribution is 7.92. The van der Waals surface area contributed by atoms with Crippen molar-refractivity contribution in [3.05, 3.63) is 30.1 Å². The Balaban J connectivity index is 2.90. The maximum atomic E-state index is 12.8. The summed E-state index contributed by atoms with van der Waals surface area (Å²) in [6.07, 6.45) is 0. The maximum Gasteiger partial charge on any atom is 0.235 e. The molecule has 0 atom stereocenters. The van der Waals surface area contributed by atoms with Crippen molar-refractivity contribution >= 4 is 15.7 Å². The molecule has 0 radical (unpaired) electrons. The summed E-state index contributed by atoms with van der Waals surface area (Å²) < 4.78 is 36.1. The van der Waals surface area contributed by atoms with E-state index in [-0.39, 0.29) is 4.90 Å². The van der Waals surface area contributed by atoms with Crippen LogP contribution >= 0.6 is 0 Å². The monoisotopic (exact) mass is 245 g/mol. The molecule has 0 unspecified atom stereocenters. The van der Waals surface area contributed by atoms with E-state index in [1.54, 1.807) is 6.92 Å². The van der Waals surface area contributed by atoms with Crippen molar-refractivity contribution in [2.45, 2.75) is 11.8 Å². The summed E-state index contributed by atoms with van der Waals surface area (Å²) in [6, 6.07) is 4.59. The Labute approximate surface area is 93.4 Å². The van der Waals surface area contributed by atoms with E-state index in [9.17, 15) is 17.6 Å². The van der Waals surface area contributed by atoms with Crippen LogP contribution in [0, 0.1) is 5.82 Å². The molecule has 1 aromatic carbocycles. The van der Waals surface area contributed by atoms with Crippen LogP contribution in [0.3, 0.4) is 0 Å². The molecule has 0 aliphatic rings. The van der Waals surface area contributed by atoms with E-state index in [0.717, 1.165) is 12.1 Å². The fourth-order valence-corrected chi connectivity index (χ4v) is 2.36. The summed E-state index contributed by atoms with van der Waals surface area (Å²) >= 11 is 0. The van der Waals surface area contributed by atoms with Gasteiger partial charge in [0.2, 0.25) is 5.91 Å². The van der Waals surface area contributed by atoms with Crippen LogP contribution in [0.2, 0.25) is 0 Å². The van der Waals surface area contributed by atoms with Gasteiger partial charge in [-0.15, -0.1) is 0 Å². The van der Waals surface area contributed by atoms with Gasteiger partial charge in [-0.3, -0.25) is 4.79 Å². The molecule has 0 bridgehead atoms. The van der Waals surface area contributed by atoms with Crippen molar-refractivity contribution in [3.8, 4) is 0 Å². The number of rotatable bonds is 4. The van der Waals surface area contributed by atoms with Crippen LogP contribution in [-0.4, -0.2) is 26.6 Å². The van der Waals surface area contributed by atoms with Crippen LogP contribution in [0.4, 0.5) is 4.39 Å². The first-order chi connectivity index (χ1) is 7.45. The van der Waals surface area contributed by atoms with E-state index < -0.39 is 27.3 Å². The van der Waals surface area contributed by atoms with Crippen LogP contribution in [0.1, 0.15) is 6.92 Å². The third kappa shape index (κ3) is 3.30. The van der Waals surface area contributed by atoms with Crippen molar-refractivity contribution in [1.29, 1.82) is 0 Å². The lowest BCUT2D eigenvalue weighted by molar-refractivity contribution is -0.118. The van der Waals surface area contributed by atoms with Gasteiger partial charge >= 0.3 is 0 Å². The molecule has 88 valence electrons. The fourth-order valence-electron chi connectivity index (χ4n) is 1.16. The highest BCUT2D eigenvalue weighted by Gasteiger charge is 2.19. The van der Waals surface area contributed by atoms with Gasteiger partial charge in [-0.1, -0.05) is 6.07 Å². The third-order valence-corrected chi connectivity index (χ3v) is 3.46. The van der Waals surface area contributed by atoms with Crippen LogP contribution in [-0.2, 0) is 14.6 Å². The van der Waals surface area contributed by atoms with E-state index in [1.807, 2.05) is 0 Å². The van der Waals surface area contributed by atoms with Crippen molar-refractivity contribution in [2.24, 2.45) is 0 Å². The lowest BCUT2D eigenvalue weighted by atomic mass is 10.4.